The third kappa shape index (κ3) is 8.36. The number of carbonyl (C=O) groups excluding carboxylic acids is 3. The average molecular weight is 842 g/mol. The number of halogens is 2. The molecule has 1 aliphatic carbocycles. The zero-order chi connectivity index (χ0) is 42.2. The Morgan fingerprint density at radius 3 is 2.61 bits per heavy atom. The van der Waals surface area contributed by atoms with Crippen LogP contribution in [0.5, 0.6) is 0 Å². The molecule has 2 atom stereocenters. The monoisotopic (exact) mass is 841 g/mol. The Morgan fingerprint density at radius 1 is 1.02 bits per heavy atom. The minimum atomic E-state index is -2.79. The molecule has 4 aromatic heterocycles. The van der Waals surface area contributed by atoms with Crippen LogP contribution in [0.25, 0.3) is 16.6 Å². The van der Waals surface area contributed by atoms with Crippen molar-refractivity contribution in [1.29, 1.82) is 0 Å². The lowest BCUT2D eigenvalue weighted by Crippen LogP contribution is -2.42. The highest BCUT2D eigenvalue weighted by Crippen LogP contribution is 2.40. The maximum atomic E-state index is 14.6. The topological polar surface area (TPSA) is 180 Å². The van der Waals surface area contributed by atoms with E-state index in [1.807, 2.05) is 24.0 Å². The molecule has 9 rings (SSSR count). The molecule has 0 radical (unpaired) electrons. The summed E-state index contributed by atoms with van der Waals surface area (Å²) >= 11 is 0. The van der Waals surface area contributed by atoms with Gasteiger partial charge in [0.1, 0.15) is 17.3 Å². The molecular weight excluding hydrogens is 789 g/mol. The van der Waals surface area contributed by atoms with E-state index in [-0.39, 0.29) is 41.8 Å². The maximum Gasteiger partial charge on any atom is 0.284 e. The van der Waals surface area contributed by atoms with E-state index in [4.69, 9.17) is 20.3 Å². The van der Waals surface area contributed by atoms with Gasteiger partial charge >= 0.3 is 0 Å². The minimum Gasteiger partial charge on any atom is -0.378 e. The maximum absolute atomic E-state index is 14.6. The van der Waals surface area contributed by atoms with Crippen molar-refractivity contribution in [3.05, 3.63) is 71.1 Å². The molecule has 3 aliphatic heterocycles. The molecule has 7 heterocycles. The second-order valence-electron chi connectivity index (χ2n) is 16.9. The average Bonchev–Trinajstić information content (AvgIpc) is 3.98. The smallest absolute Gasteiger partial charge is 0.284 e. The SMILES string of the molecule is Cc1nn([C@@H]2CCC(=O)NC2=O)c2cccc(CCCOC3CCN(CC4CCC(n5cc(N6CCOC[C@H]6c6nn7cccnc7c6C(N)=O)c(C(F)F)n5)CC4)CC3)c12. The predicted octanol–water partition coefficient (Wildman–Crippen LogP) is 5.02. The Bertz CT molecular complexity index is 2400. The molecule has 4 fully saturated rings. The normalized spacial score (nSPS) is 23.4. The van der Waals surface area contributed by atoms with Gasteiger partial charge in [-0.15, -0.1) is 0 Å². The molecule has 61 heavy (non-hydrogen) atoms. The van der Waals surface area contributed by atoms with Gasteiger partial charge in [0.2, 0.25) is 5.91 Å². The standard InChI is InChI=1S/C43H53F2N11O5/c1-26-36-28(5-2-7-31(36)56(49-26)32-12-13-35(57)48-43(32)59)6-3-21-61-30-14-18-52(19-15-30)23-27-8-10-29(11-9-27)55-24-33(39(51-55)40(44)45)53-20-22-60-25-34(53)38-37(41(46)58)42-47-16-4-17-54(42)50-38/h2,4-5,7,16-17,24,27,29-30,32,34,40H,3,6,8-15,18-23,25H2,1H3,(H2,46,58)(H,48,57,59)/t27?,29?,32-,34+/m1/s1. The Hall–Kier alpha value is -5.33. The summed E-state index contributed by atoms with van der Waals surface area (Å²) in [7, 11) is 0. The van der Waals surface area contributed by atoms with E-state index in [0.717, 1.165) is 87.6 Å². The fraction of sp³-hybridized carbons (Fsp3) is 0.558. The first-order valence-corrected chi connectivity index (χ1v) is 21.6. The van der Waals surface area contributed by atoms with Crippen molar-refractivity contribution >= 4 is 40.0 Å². The number of benzene rings is 1. The van der Waals surface area contributed by atoms with E-state index < -0.39 is 24.4 Å². The summed E-state index contributed by atoms with van der Waals surface area (Å²) in [5.41, 5.74) is 9.62. The van der Waals surface area contributed by atoms with E-state index in [1.165, 1.54) is 10.1 Å². The van der Waals surface area contributed by atoms with Crippen LogP contribution in [0.3, 0.4) is 0 Å². The summed E-state index contributed by atoms with van der Waals surface area (Å²) in [6, 6.07) is 6.71. The molecule has 16 nitrogen and oxygen atoms in total. The number of carbonyl (C=O) groups is 3. The number of amides is 3. The number of hydrogen-bond acceptors (Lipinski definition) is 11. The number of nitrogens with zero attached hydrogens (tertiary/aromatic N) is 9. The number of fused-ring (bicyclic) bond motifs is 2. The number of ether oxygens (including phenoxy) is 2. The minimum absolute atomic E-state index is 0.0131. The van der Waals surface area contributed by atoms with Crippen molar-refractivity contribution in [3.63, 3.8) is 0 Å². The summed E-state index contributed by atoms with van der Waals surface area (Å²) in [6.45, 7) is 6.45. The first kappa shape index (κ1) is 41.0. The molecule has 1 saturated carbocycles. The summed E-state index contributed by atoms with van der Waals surface area (Å²) in [4.78, 5) is 45.6. The van der Waals surface area contributed by atoms with Gasteiger partial charge in [0.15, 0.2) is 11.3 Å². The zero-order valence-corrected chi connectivity index (χ0v) is 34.4. The molecule has 0 unspecified atom stereocenters. The molecule has 0 bridgehead atoms. The Kier molecular flexibility index (Phi) is 11.8. The number of aryl methyl sites for hydroxylation is 2. The van der Waals surface area contributed by atoms with Crippen LogP contribution in [0.4, 0.5) is 14.5 Å². The lowest BCUT2D eigenvalue weighted by molar-refractivity contribution is -0.135. The van der Waals surface area contributed by atoms with Crippen LogP contribution in [0.2, 0.25) is 0 Å². The summed E-state index contributed by atoms with van der Waals surface area (Å²) in [5.74, 6) is -0.695. The highest BCUT2D eigenvalue weighted by Gasteiger charge is 2.37. The first-order chi connectivity index (χ1) is 29.6. The molecule has 0 spiro atoms. The van der Waals surface area contributed by atoms with E-state index in [9.17, 15) is 23.2 Å². The summed E-state index contributed by atoms with van der Waals surface area (Å²) in [6.07, 6.45) is 10.6. The number of likely N-dealkylation sites (tertiary alicyclic amines) is 1. The molecular formula is C43H53F2N11O5. The van der Waals surface area contributed by atoms with Crippen molar-refractivity contribution in [2.24, 2.45) is 11.7 Å². The number of imide groups is 1. The van der Waals surface area contributed by atoms with Gasteiger partial charge in [0, 0.05) is 63.2 Å². The molecule has 1 aromatic carbocycles. The second-order valence-corrected chi connectivity index (χ2v) is 16.9. The molecule has 3 amide bonds. The van der Waals surface area contributed by atoms with E-state index >= 15 is 0 Å². The number of primary amides is 1. The number of alkyl halides is 2. The molecule has 3 saturated heterocycles. The van der Waals surface area contributed by atoms with Crippen LogP contribution in [-0.2, 0) is 25.5 Å². The number of morpholine rings is 1. The van der Waals surface area contributed by atoms with Crippen LogP contribution >= 0.6 is 0 Å². The quantitative estimate of drug-likeness (QED) is 0.120. The van der Waals surface area contributed by atoms with E-state index in [1.54, 1.807) is 34.0 Å². The lowest BCUT2D eigenvalue weighted by Gasteiger charge is -2.37. The van der Waals surface area contributed by atoms with Crippen LogP contribution in [-0.4, -0.2) is 109 Å². The van der Waals surface area contributed by atoms with Crippen molar-refractivity contribution in [3.8, 4) is 0 Å². The lowest BCUT2D eigenvalue weighted by atomic mass is 9.85. The fourth-order valence-corrected chi connectivity index (χ4v) is 10.0. The van der Waals surface area contributed by atoms with Crippen LogP contribution in [0, 0.1) is 12.8 Å². The molecule has 5 aromatic rings. The third-order valence-electron chi connectivity index (χ3n) is 13.1. The molecule has 324 valence electrons. The number of nitrogens with one attached hydrogen (secondary N) is 1. The Balaban J connectivity index is 0.753. The van der Waals surface area contributed by atoms with Gasteiger partial charge in [0.25, 0.3) is 18.2 Å². The van der Waals surface area contributed by atoms with Crippen molar-refractivity contribution in [1.82, 2.24) is 44.4 Å². The number of anilines is 1. The molecule has 18 heteroatoms. The predicted molar refractivity (Wildman–Crippen MR) is 220 cm³/mol. The summed E-state index contributed by atoms with van der Waals surface area (Å²) in [5, 5.41) is 17.3. The van der Waals surface area contributed by atoms with Crippen LogP contribution in [0.15, 0.2) is 42.9 Å². The largest absolute Gasteiger partial charge is 0.378 e. The van der Waals surface area contributed by atoms with Crippen molar-refractivity contribution in [2.45, 2.75) is 102 Å². The van der Waals surface area contributed by atoms with Crippen molar-refractivity contribution < 1.29 is 32.6 Å². The highest BCUT2D eigenvalue weighted by atomic mass is 19.3. The number of hydrogen-bond donors (Lipinski definition) is 2. The number of rotatable bonds is 13. The van der Waals surface area contributed by atoms with Gasteiger partial charge in [-0.05, 0) is 88.3 Å². The van der Waals surface area contributed by atoms with Gasteiger partial charge in [-0.3, -0.25) is 29.1 Å². The molecule has 4 aliphatic rings. The first-order valence-electron chi connectivity index (χ1n) is 21.6. The van der Waals surface area contributed by atoms with Gasteiger partial charge in [-0.25, -0.2) is 18.3 Å². The van der Waals surface area contributed by atoms with Crippen LogP contribution < -0.4 is 16.0 Å². The zero-order valence-electron chi connectivity index (χ0n) is 34.4. The number of aromatic nitrogens is 7. The Morgan fingerprint density at radius 2 is 1.84 bits per heavy atom. The third-order valence-corrected chi connectivity index (χ3v) is 13.1. The van der Waals surface area contributed by atoms with Crippen LogP contribution in [0.1, 0.15) is 115 Å². The summed E-state index contributed by atoms with van der Waals surface area (Å²) < 4.78 is 46.4. The fourth-order valence-electron chi connectivity index (χ4n) is 10.0. The highest BCUT2D eigenvalue weighted by molar-refractivity contribution is 6.01. The second kappa shape index (κ2) is 17.6. The van der Waals surface area contributed by atoms with Gasteiger partial charge in [-0.2, -0.15) is 15.3 Å². The van der Waals surface area contributed by atoms with Gasteiger partial charge in [0.05, 0.1) is 48.3 Å². The Labute approximate surface area is 351 Å². The number of piperidine rings is 2. The van der Waals surface area contributed by atoms with E-state index in [0.29, 0.717) is 55.5 Å². The molecule has 3 N–H and O–H groups in total. The van der Waals surface area contributed by atoms with E-state index in [2.05, 4.69) is 31.5 Å². The van der Waals surface area contributed by atoms with Gasteiger partial charge in [-0.1, -0.05) is 12.1 Å². The van der Waals surface area contributed by atoms with Gasteiger partial charge < -0.3 is 25.0 Å². The number of nitrogens with two attached hydrogens (primary N) is 1. The van der Waals surface area contributed by atoms with Crippen molar-refractivity contribution in [2.75, 3.05) is 50.9 Å².